The van der Waals surface area contributed by atoms with Crippen LogP contribution in [0, 0.1) is 5.92 Å². The van der Waals surface area contributed by atoms with Gasteiger partial charge in [-0.1, -0.05) is 17.7 Å². The van der Waals surface area contributed by atoms with Crippen LogP contribution < -0.4 is 0 Å². The van der Waals surface area contributed by atoms with Crippen molar-refractivity contribution in [1.29, 1.82) is 0 Å². The standard InChI is InChI=1S/C20H29ClO7/c1-27-14-5-2-11(3-6-14)8-12-9-13(4-7-15(12)21)20(26)19(25)18(24)17(23)16(10-22)28-20/h4,7,9,11,14,16-19,22-26H,2-3,5-6,8,10H2,1H3/t11?,14?,16-,17-,18+,19-,20+/m1/s1. The van der Waals surface area contributed by atoms with E-state index in [0.717, 1.165) is 31.2 Å². The second-order valence-corrected chi connectivity index (χ2v) is 8.26. The van der Waals surface area contributed by atoms with E-state index in [0.29, 0.717) is 23.5 Å². The van der Waals surface area contributed by atoms with Gasteiger partial charge in [-0.3, -0.25) is 0 Å². The Labute approximate surface area is 169 Å². The zero-order valence-corrected chi connectivity index (χ0v) is 16.6. The van der Waals surface area contributed by atoms with Gasteiger partial charge in [-0.25, -0.2) is 0 Å². The molecule has 28 heavy (non-hydrogen) atoms. The summed E-state index contributed by atoms with van der Waals surface area (Å²) in [6.45, 7) is -0.615. The second kappa shape index (κ2) is 8.93. The number of halogens is 1. The molecular weight excluding hydrogens is 388 g/mol. The van der Waals surface area contributed by atoms with Gasteiger partial charge >= 0.3 is 0 Å². The molecule has 2 aliphatic rings. The summed E-state index contributed by atoms with van der Waals surface area (Å²) >= 11 is 6.36. The van der Waals surface area contributed by atoms with Gasteiger partial charge < -0.3 is 35.0 Å². The van der Waals surface area contributed by atoms with Crippen LogP contribution in [0.15, 0.2) is 18.2 Å². The molecular formula is C20H29ClO7. The minimum absolute atomic E-state index is 0.217. The molecule has 1 saturated carbocycles. The Bertz CT molecular complexity index is 662. The van der Waals surface area contributed by atoms with Crippen molar-refractivity contribution in [3.05, 3.63) is 34.3 Å². The maximum atomic E-state index is 11.0. The average Bonchev–Trinajstić information content (AvgIpc) is 2.71. The Morgan fingerprint density at radius 2 is 1.82 bits per heavy atom. The first-order valence-corrected chi connectivity index (χ1v) is 10.0. The third kappa shape index (κ3) is 4.22. The molecule has 7 nitrogen and oxygen atoms in total. The van der Waals surface area contributed by atoms with Crippen LogP contribution in [0.5, 0.6) is 0 Å². The first-order chi connectivity index (χ1) is 13.3. The predicted octanol–water partition coefficient (Wildman–Crippen LogP) is 0.707. The molecule has 158 valence electrons. The quantitative estimate of drug-likeness (QED) is 0.479. The fourth-order valence-corrected chi connectivity index (χ4v) is 4.42. The topological polar surface area (TPSA) is 120 Å². The molecule has 1 saturated heterocycles. The highest BCUT2D eigenvalue weighted by Crippen LogP contribution is 2.38. The van der Waals surface area contributed by atoms with Crippen molar-refractivity contribution in [2.45, 2.75) is 68.4 Å². The number of hydrogen-bond donors (Lipinski definition) is 5. The van der Waals surface area contributed by atoms with Crippen LogP contribution in [-0.2, 0) is 21.7 Å². The first-order valence-electron chi connectivity index (χ1n) is 9.67. The van der Waals surface area contributed by atoms with E-state index in [1.807, 2.05) is 0 Å². The molecule has 5 N–H and O–H groups in total. The first kappa shape index (κ1) is 21.9. The minimum Gasteiger partial charge on any atom is -0.394 e. The zero-order chi connectivity index (χ0) is 20.5. The van der Waals surface area contributed by atoms with Gasteiger partial charge in [0.25, 0.3) is 0 Å². The minimum atomic E-state index is -2.26. The van der Waals surface area contributed by atoms with Gasteiger partial charge in [0.15, 0.2) is 0 Å². The summed E-state index contributed by atoms with van der Waals surface area (Å²) in [4.78, 5) is 0. The largest absolute Gasteiger partial charge is 0.394 e. The number of aliphatic hydroxyl groups excluding tert-OH is 4. The molecule has 5 atom stereocenters. The Morgan fingerprint density at radius 3 is 2.43 bits per heavy atom. The maximum absolute atomic E-state index is 11.0. The van der Waals surface area contributed by atoms with E-state index in [2.05, 4.69) is 0 Å². The van der Waals surface area contributed by atoms with E-state index in [-0.39, 0.29) is 5.56 Å². The van der Waals surface area contributed by atoms with Gasteiger partial charge in [0.1, 0.15) is 24.4 Å². The van der Waals surface area contributed by atoms with Crippen LogP contribution in [0.4, 0.5) is 0 Å². The predicted molar refractivity (Wildman–Crippen MR) is 102 cm³/mol. The summed E-state index contributed by atoms with van der Waals surface area (Å²) in [7, 11) is 1.73. The lowest BCUT2D eigenvalue weighted by molar-refractivity contribution is -0.357. The summed E-state index contributed by atoms with van der Waals surface area (Å²) in [5.41, 5.74) is 1.03. The third-order valence-electron chi connectivity index (χ3n) is 6.06. The van der Waals surface area contributed by atoms with Crippen LogP contribution in [-0.4, -0.2) is 69.8 Å². The van der Waals surface area contributed by atoms with E-state index in [4.69, 9.17) is 21.1 Å². The van der Waals surface area contributed by atoms with Gasteiger partial charge in [-0.05, 0) is 55.7 Å². The van der Waals surface area contributed by atoms with Crippen molar-refractivity contribution < 1.29 is 35.0 Å². The number of rotatable bonds is 5. The number of hydrogen-bond acceptors (Lipinski definition) is 7. The zero-order valence-electron chi connectivity index (χ0n) is 15.9. The Balaban J connectivity index is 1.82. The highest BCUT2D eigenvalue weighted by atomic mass is 35.5. The lowest BCUT2D eigenvalue weighted by Gasteiger charge is -2.45. The molecule has 2 fully saturated rings. The number of methoxy groups -OCH3 is 1. The van der Waals surface area contributed by atoms with Crippen LogP contribution >= 0.6 is 11.6 Å². The van der Waals surface area contributed by atoms with Crippen molar-refractivity contribution in [2.75, 3.05) is 13.7 Å². The highest BCUT2D eigenvalue weighted by molar-refractivity contribution is 6.31. The molecule has 0 amide bonds. The van der Waals surface area contributed by atoms with Crippen molar-refractivity contribution in [3.8, 4) is 0 Å². The molecule has 3 rings (SSSR count). The van der Waals surface area contributed by atoms with Gasteiger partial charge in [-0.2, -0.15) is 0 Å². The molecule has 1 aliphatic carbocycles. The molecule has 8 heteroatoms. The molecule has 0 bridgehead atoms. The van der Waals surface area contributed by atoms with E-state index in [1.54, 1.807) is 19.2 Å². The summed E-state index contributed by atoms with van der Waals surface area (Å²) in [5, 5.41) is 51.3. The Hall–Kier alpha value is -0.770. The monoisotopic (exact) mass is 416 g/mol. The third-order valence-corrected chi connectivity index (χ3v) is 6.43. The second-order valence-electron chi connectivity index (χ2n) is 7.85. The van der Waals surface area contributed by atoms with E-state index in [1.165, 1.54) is 6.07 Å². The van der Waals surface area contributed by atoms with Gasteiger partial charge in [0.05, 0.1) is 12.7 Å². The fraction of sp³-hybridized carbons (Fsp3) is 0.700. The highest BCUT2D eigenvalue weighted by Gasteiger charge is 2.53. The lowest BCUT2D eigenvalue weighted by Crippen LogP contribution is -2.63. The SMILES string of the molecule is COC1CCC(Cc2cc([C@]3(O)O[C@H](CO)[C@@H](O)[C@H](O)[C@H]3O)ccc2Cl)CC1. The van der Waals surface area contributed by atoms with Crippen LogP contribution in [0.2, 0.25) is 5.02 Å². The van der Waals surface area contributed by atoms with Crippen LogP contribution in [0.1, 0.15) is 36.8 Å². The molecule has 1 aromatic rings. The molecule has 0 radical (unpaired) electrons. The number of aliphatic hydroxyl groups is 5. The van der Waals surface area contributed by atoms with Crippen molar-refractivity contribution in [2.24, 2.45) is 5.92 Å². The molecule has 0 unspecified atom stereocenters. The van der Waals surface area contributed by atoms with E-state index >= 15 is 0 Å². The molecule has 1 aliphatic heterocycles. The van der Waals surface area contributed by atoms with Crippen molar-refractivity contribution >= 4 is 11.6 Å². The van der Waals surface area contributed by atoms with Gasteiger partial charge in [0, 0.05) is 17.7 Å². The summed E-state index contributed by atoms with van der Waals surface area (Å²) in [6.07, 6.45) is -1.17. The van der Waals surface area contributed by atoms with E-state index < -0.39 is 36.8 Å². The van der Waals surface area contributed by atoms with Crippen molar-refractivity contribution in [1.82, 2.24) is 0 Å². The van der Waals surface area contributed by atoms with Crippen molar-refractivity contribution in [3.63, 3.8) is 0 Å². The average molecular weight is 417 g/mol. The Morgan fingerprint density at radius 1 is 1.14 bits per heavy atom. The van der Waals surface area contributed by atoms with Crippen LogP contribution in [0.3, 0.4) is 0 Å². The summed E-state index contributed by atoms with van der Waals surface area (Å²) in [6, 6.07) is 4.79. The number of ether oxygens (including phenoxy) is 2. The smallest absolute Gasteiger partial charge is 0.222 e. The Kier molecular flexibility index (Phi) is 7.00. The summed E-state index contributed by atoms with van der Waals surface area (Å²) < 4.78 is 10.8. The maximum Gasteiger partial charge on any atom is 0.222 e. The molecule has 1 heterocycles. The molecule has 0 spiro atoms. The van der Waals surface area contributed by atoms with Gasteiger partial charge in [-0.15, -0.1) is 0 Å². The van der Waals surface area contributed by atoms with Crippen LogP contribution in [0.25, 0.3) is 0 Å². The normalized spacial score (nSPS) is 39.1. The lowest BCUT2D eigenvalue weighted by atomic mass is 9.82. The molecule has 0 aromatic heterocycles. The number of benzene rings is 1. The van der Waals surface area contributed by atoms with E-state index in [9.17, 15) is 25.5 Å². The summed E-state index contributed by atoms with van der Waals surface area (Å²) in [5.74, 6) is -1.83. The molecule has 1 aromatic carbocycles. The fourth-order valence-electron chi connectivity index (χ4n) is 4.23. The van der Waals surface area contributed by atoms with Gasteiger partial charge in [0.2, 0.25) is 5.79 Å².